The van der Waals surface area contributed by atoms with E-state index in [0.29, 0.717) is 25.2 Å². The molecule has 0 saturated carbocycles. The van der Waals surface area contributed by atoms with Crippen molar-refractivity contribution < 1.29 is 9.59 Å². The average molecular weight is 366 g/mol. The molecule has 140 valence electrons. The van der Waals surface area contributed by atoms with Crippen LogP contribution >= 0.6 is 0 Å². The van der Waals surface area contributed by atoms with Crippen LogP contribution in [0.25, 0.3) is 0 Å². The highest BCUT2D eigenvalue weighted by atomic mass is 16.2. The van der Waals surface area contributed by atoms with Gasteiger partial charge >= 0.3 is 0 Å². The van der Waals surface area contributed by atoms with Crippen LogP contribution in [0.3, 0.4) is 0 Å². The lowest BCUT2D eigenvalue weighted by Gasteiger charge is -2.36. The van der Waals surface area contributed by atoms with E-state index in [1.807, 2.05) is 9.80 Å². The molecule has 27 heavy (non-hydrogen) atoms. The van der Waals surface area contributed by atoms with Gasteiger partial charge in [-0.25, -0.2) is 0 Å². The van der Waals surface area contributed by atoms with E-state index in [1.165, 1.54) is 10.6 Å². The fraction of sp³-hybridized carbons (Fsp3) is 0.400. The highest BCUT2D eigenvalue weighted by Gasteiger charge is 2.38. The van der Waals surface area contributed by atoms with Crippen LogP contribution in [0.4, 0.5) is 0 Å². The quantitative estimate of drug-likeness (QED) is 0.812. The molecular formula is C20H22N4O3. The highest BCUT2D eigenvalue weighted by molar-refractivity contribution is 5.94. The Balaban J connectivity index is 1.50. The summed E-state index contributed by atoms with van der Waals surface area (Å²) < 4.78 is 1.43. The van der Waals surface area contributed by atoms with E-state index in [1.54, 1.807) is 42.9 Å². The molecule has 3 fully saturated rings. The van der Waals surface area contributed by atoms with E-state index in [9.17, 15) is 14.4 Å². The summed E-state index contributed by atoms with van der Waals surface area (Å²) in [6, 6.07) is 8.39. The van der Waals surface area contributed by atoms with Crippen molar-refractivity contribution in [1.82, 2.24) is 19.4 Å². The van der Waals surface area contributed by atoms with Gasteiger partial charge in [0.25, 0.3) is 11.5 Å². The molecule has 5 heterocycles. The van der Waals surface area contributed by atoms with Gasteiger partial charge < -0.3 is 14.4 Å². The SMILES string of the molecule is O=C(c1cccnc1)N1C[C@@H]2CC[C@H](C1)N(C(=O)Cn1ccccc1=O)C2. The van der Waals surface area contributed by atoms with Gasteiger partial charge in [-0.3, -0.25) is 19.4 Å². The second-order valence-corrected chi connectivity index (χ2v) is 7.26. The van der Waals surface area contributed by atoms with Crippen molar-refractivity contribution in [3.05, 3.63) is 64.8 Å². The Morgan fingerprint density at radius 3 is 2.74 bits per heavy atom. The van der Waals surface area contributed by atoms with Crippen LogP contribution in [-0.2, 0) is 11.3 Å². The summed E-state index contributed by atoms with van der Waals surface area (Å²) in [5.41, 5.74) is 0.395. The Morgan fingerprint density at radius 1 is 1.07 bits per heavy atom. The number of carbonyl (C=O) groups is 2. The monoisotopic (exact) mass is 366 g/mol. The fourth-order valence-electron chi connectivity index (χ4n) is 4.05. The maximum Gasteiger partial charge on any atom is 0.255 e. The molecule has 0 spiro atoms. The van der Waals surface area contributed by atoms with E-state index >= 15 is 0 Å². The van der Waals surface area contributed by atoms with Crippen LogP contribution in [0.5, 0.6) is 0 Å². The van der Waals surface area contributed by atoms with E-state index in [2.05, 4.69) is 4.98 Å². The van der Waals surface area contributed by atoms with Crippen molar-refractivity contribution in [3.8, 4) is 0 Å². The lowest BCUT2D eigenvalue weighted by atomic mass is 9.95. The van der Waals surface area contributed by atoms with Gasteiger partial charge in [0, 0.05) is 50.3 Å². The Bertz CT molecular complexity index is 895. The van der Waals surface area contributed by atoms with E-state index < -0.39 is 0 Å². The van der Waals surface area contributed by atoms with Crippen LogP contribution in [-0.4, -0.2) is 56.8 Å². The number of fused-ring (bicyclic) bond motifs is 4. The van der Waals surface area contributed by atoms with Gasteiger partial charge in [0.15, 0.2) is 0 Å². The van der Waals surface area contributed by atoms with Gasteiger partial charge in [-0.05, 0) is 37.0 Å². The standard InChI is InChI=1S/C20H22N4O3/c25-18-5-1-2-9-22(18)14-19(26)24-12-15-6-7-17(24)13-23(11-15)20(27)16-4-3-8-21-10-16/h1-5,8-10,15,17H,6-7,11-14H2/t15-,17+/m0/s1. The molecule has 3 aliphatic heterocycles. The average Bonchev–Trinajstić information content (AvgIpc) is 3.02. The topological polar surface area (TPSA) is 75.5 Å². The number of piperidine rings is 1. The van der Waals surface area contributed by atoms with Crippen LogP contribution < -0.4 is 5.56 Å². The third kappa shape index (κ3) is 3.63. The number of aromatic nitrogens is 2. The van der Waals surface area contributed by atoms with Crippen molar-refractivity contribution in [2.75, 3.05) is 19.6 Å². The first kappa shape index (κ1) is 17.5. The zero-order chi connectivity index (χ0) is 18.8. The van der Waals surface area contributed by atoms with Crippen LogP contribution in [0.15, 0.2) is 53.7 Å². The number of pyridine rings is 2. The first-order chi connectivity index (χ1) is 13.1. The zero-order valence-corrected chi connectivity index (χ0v) is 15.0. The Hall–Kier alpha value is -2.96. The molecule has 2 aromatic rings. The molecule has 2 amide bonds. The zero-order valence-electron chi connectivity index (χ0n) is 15.0. The molecule has 2 bridgehead atoms. The molecule has 7 nitrogen and oxygen atoms in total. The second-order valence-electron chi connectivity index (χ2n) is 7.26. The maximum absolute atomic E-state index is 12.9. The molecule has 2 atom stereocenters. The third-order valence-corrected chi connectivity index (χ3v) is 5.43. The van der Waals surface area contributed by atoms with Crippen molar-refractivity contribution in [2.45, 2.75) is 25.4 Å². The number of carbonyl (C=O) groups excluding carboxylic acids is 2. The highest BCUT2D eigenvalue weighted by Crippen LogP contribution is 2.29. The molecule has 0 aromatic carbocycles. The minimum atomic E-state index is -0.181. The normalized spacial score (nSPS) is 21.8. The molecule has 7 heteroatoms. The van der Waals surface area contributed by atoms with Crippen LogP contribution in [0.2, 0.25) is 0 Å². The van der Waals surface area contributed by atoms with Gasteiger partial charge in [-0.15, -0.1) is 0 Å². The fourth-order valence-corrected chi connectivity index (χ4v) is 4.05. The van der Waals surface area contributed by atoms with E-state index in [-0.39, 0.29) is 35.9 Å². The van der Waals surface area contributed by atoms with Gasteiger partial charge in [-0.1, -0.05) is 6.07 Å². The summed E-state index contributed by atoms with van der Waals surface area (Å²) >= 11 is 0. The molecule has 3 aliphatic rings. The number of amides is 2. The number of rotatable bonds is 3. The summed E-state index contributed by atoms with van der Waals surface area (Å²) in [7, 11) is 0. The third-order valence-electron chi connectivity index (χ3n) is 5.43. The molecule has 2 aromatic heterocycles. The van der Waals surface area contributed by atoms with Gasteiger partial charge in [-0.2, -0.15) is 0 Å². The predicted molar refractivity (Wildman–Crippen MR) is 99.1 cm³/mol. The van der Waals surface area contributed by atoms with Crippen molar-refractivity contribution in [2.24, 2.45) is 5.92 Å². The molecule has 0 radical (unpaired) electrons. The predicted octanol–water partition coefficient (Wildman–Crippen LogP) is 1.01. The molecule has 0 N–H and O–H groups in total. The Kier molecular flexibility index (Phi) is 4.75. The summed E-state index contributed by atoms with van der Waals surface area (Å²) in [5, 5.41) is 0. The van der Waals surface area contributed by atoms with E-state index in [0.717, 1.165) is 12.8 Å². The van der Waals surface area contributed by atoms with Gasteiger partial charge in [0.2, 0.25) is 5.91 Å². The first-order valence-electron chi connectivity index (χ1n) is 9.26. The summed E-state index contributed by atoms with van der Waals surface area (Å²) in [6.07, 6.45) is 6.76. The lowest BCUT2D eigenvalue weighted by Crippen LogP contribution is -2.49. The van der Waals surface area contributed by atoms with Crippen molar-refractivity contribution in [1.29, 1.82) is 0 Å². The number of nitrogens with zero attached hydrogens (tertiary/aromatic N) is 4. The summed E-state index contributed by atoms with van der Waals surface area (Å²) in [6.45, 7) is 1.86. The minimum absolute atomic E-state index is 0.00344. The Labute approximate surface area is 157 Å². The van der Waals surface area contributed by atoms with Crippen molar-refractivity contribution in [3.63, 3.8) is 0 Å². The molecule has 0 unspecified atom stereocenters. The van der Waals surface area contributed by atoms with Crippen molar-refractivity contribution >= 4 is 11.8 Å². The summed E-state index contributed by atoms with van der Waals surface area (Å²) in [4.78, 5) is 45.3. The number of hydrogen-bond acceptors (Lipinski definition) is 4. The molecule has 3 saturated heterocycles. The van der Waals surface area contributed by atoms with E-state index in [4.69, 9.17) is 0 Å². The number of hydrogen-bond donors (Lipinski definition) is 0. The molecule has 5 rings (SSSR count). The Morgan fingerprint density at radius 2 is 1.96 bits per heavy atom. The lowest BCUT2D eigenvalue weighted by molar-refractivity contribution is -0.136. The minimum Gasteiger partial charge on any atom is -0.336 e. The first-order valence-corrected chi connectivity index (χ1v) is 9.26. The largest absolute Gasteiger partial charge is 0.336 e. The van der Waals surface area contributed by atoms with Gasteiger partial charge in [0.05, 0.1) is 5.56 Å². The molecule has 0 aliphatic carbocycles. The van der Waals surface area contributed by atoms with Crippen LogP contribution in [0, 0.1) is 5.92 Å². The second kappa shape index (κ2) is 7.34. The maximum atomic E-state index is 12.9. The van der Waals surface area contributed by atoms with Crippen LogP contribution in [0.1, 0.15) is 23.2 Å². The molecular weight excluding hydrogens is 344 g/mol. The van der Waals surface area contributed by atoms with Gasteiger partial charge in [0.1, 0.15) is 6.54 Å². The summed E-state index contributed by atoms with van der Waals surface area (Å²) in [5.74, 6) is 0.170. The smallest absolute Gasteiger partial charge is 0.255 e.